The SMILES string of the molecule is CC(O)CC1(C)OCCN(C(=O)O)C1Cc1ccccc1. The number of hydrogen-bond donors (Lipinski definition) is 2. The molecule has 2 N–H and O–H groups in total. The highest BCUT2D eigenvalue weighted by molar-refractivity contribution is 5.66. The predicted octanol–water partition coefficient (Wildman–Crippen LogP) is 2.14. The molecular formula is C16H23NO4. The van der Waals surface area contributed by atoms with Gasteiger partial charge in [0, 0.05) is 13.0 Å². The lowest BCUT2D eigenvalue weighted by Gasteiger charge is -2.47. The van der Waals surface area contributed by atoms with Gasteiger partial charge < -0.3 is 14.9 Å². The third kappa shape index (κ3) is 3.74. The molecule has 0 spiro atoms. The maximum atomic E-state index is 11.5. The molecule has 1 aromatic rings. The van der Waals surface area contributed by atoms with Crippen molar-refractivity contribution in [1.82, 2.24) is 4.90 Å². The molecule has 2 rings (SSSR count). The van der Waals surface area contributed by atoms with E-state index in [2.05, 4.69) is 0 Å². The van der Waals surface area contributed by atoms with Crippen LogP contribution < -0.4 is 0 Å². The van der Waals surface area contributed by atoms with E-state index < -0.39 is 17.8 Å². The topological polar surface area (TPSA) is 70.0 Å². The van der Waals surface area contributed by atoms with Gasteiger partial charge in [-0.2, -0.15) is 0 Å². The summed E-state index contributed by atoms with van der Waals surface area (Å²) < 4.78 is 5.88. The Kier molecular flexibility index (Phi) is 4.85. The van der Waals surface area contributed by atoms with Gasteiger partial charge in [0.1, 0.15) is 0 Å². The Bertz CT molecular complexity index is 476. The lowest BCUT2D eigenvalue weighted by Crippen LogP contribution is -2.61. The Labute approximate surface area is 125 Å². The van der Waals surface area contributed by atoms with Crippen molar-refractivity contribution in [3.63, 3.8) is 0 Å². The fourth-order valence-electron chi connectivity index (χ4n) is 3.13. The maximum Gasteiger partial charge on any atom is 0.407 e. The van der Waals surface area contributed by atoms with E-state index in [0.717, 1.165) is 5.56 Å². The second-order valence-corrected chi connectivity index (χ2v) is 5.90. The van der Waals surface area contributed by atoms with Crippen LogP contribution in [0.25, 0.3) is 0 Å². The summed E-state index contributed by atoms with van der Waals surface area (Å²) >= 11 is 0. The van der Waals surface area contributed by atoms with Gasteiger partial charge in [-0.05, 0) is 25.8 Å². The van der Waals surface area contributed by atoms with Crippen molar-refractivity contribution >= 4 is 6.09 Å². The summed E-state index contributed by atoms with van der Waals surface area (Å²) in [7, 11) is 0. The predicted molar refractivity (Wildman–Crippen MR) is 79.3 cm³/mol. The summed E-state index contributed by atoms with van der Waals surface area (Å²) in [5, 5.41) is 19.2. The number of amides is 1. The monoisotopic (exact) mass is 293 g/mol. The molecule has 1 aliphatic rings. The van der Waals surface area contributed by atoms with Gasteiger partial charge in [0.2, 0.25) is 0 Å². The highest BCUT2D eigenvalue weighted by Gasteiger charge is 2.44. The molecule has 1 heterocycles. The fraction of sp³-hybridized carbons (Fsp3) is 0.562. The summed E-state index contributed by atoms with van der Waals surface area (Å²) in [6, 6.07) is 9.48. The van der Waals surface area contributed by atoms with E-state index in [1.54, 1.807) is 6.92 Å². The minimum atomic E-state index is -0.934. The smallest absolute Gasteiger partial charge is 0.407 e. The quantitative estimate of drug-likeness (QED) is 0.892. The Morgan fingerprint density at radius 1 is 1.48 bits per heavy atom. The van der Waals surface area contributed by atoms with Crippen LogP contribution in [0.1, 0.15) is 25.8 Å². The third-order valence-corrected chi connectivity index (χ3v) is 4.06. The van der Waals surface area contributed by atoms with Gasteiger partial charge in [0.25, 0.3) is 0 Å². The highest BCUT2D eigenvalue weighted by Crippen LogP contribution is 2.32. The Morgan fingerprint density at radius 3 is 2.71 bits per heavy atom. The zero-order chi connectivity index (χ0) is 15.5. The normalized spacial score (nSPS) is 27.4. The molecule has 1 amide bonds. The first kappa shape index (κ1) is 15.8. The van der Waals surface area contributed by atoms with Crippen LogP contribution in [0.3, 0.4) is 0 Å². The minimum absolute atomic E-state index is 0.305. The number of benzene rings is 1. The summed E-state index contributed by atoms with van der Waals surface area (Å²) in [6.45, 7) is 4.32. The number of hydrogen-bond acceptors (Lipinski definition) is 3. The van der Waals surface area contributed by atoms with E-state index in [1.165, 1.54) is 4.90 Å². The average Bonchev–Trinajstić information content (AvgIpc) is 2.41. The Morgan fingerprint density at radius 2 is 2.14 bits per heavy atom. The largest absolute Gasteiger partial charge is 0.465 e. The van der Waals surface area contributed by atoms with Crippen LogP contribution in [0.2, 0.25) is 0 Å². The molecule has 1 saturated heterocycles. The summed E-state index contributed by atoms with van der Waals surface area (Å²) in [5.41, 5.74) is 0.386. The molecule has 1 fully saturated rings. The minimum Gasteiger partial charge on any atom is -0.465 e. The van der Waals surface area contributed by atoms with E-state index in [0.29, 0.717) is 26.0 Å². The molecule has 5 heteroatoms. The van der Waals surface area contributed by atoms with Crippen molar-refractivity contribution in [1.29, 1.82) is 0 Å². The first-order valence-electron chi connectivity index (χ1n) is 7.28. The van der Waals surface area contributed by atoms with Crippen LogP contribution in [-0.2, 0) is 11.2 Å². The lowest BCUT2D eigenvalue weighted by atomic mass is 9.84. The van der Waals surface area contributed by atoms with E-state index in [1.807, 2.05) is 37.3 Å². The standard InChI is InChI=1S/C16H23NO4/c1-12(18)11-16(2)14(10-13-6-4-3-5-7-13)17(15(19)20)8-9-21-16/h3-7,12,14,18H,8-11H2,1-2H3,(H,19,20). The van der Waals surface area contributed by atoms with Crippen molar-refractivity contribution in [2.45, 2.75) is 44.4 Å². The van der Waals surface area contributed by atoms with Crippen molar-refractivity contribution in [2.24, 2.45) is 0 Å². The molecule has 0 radical (unpaired) electrons. The number of morpholine rings is 1. The molecule has 0 aromatic heterocycles. The Balaban J connectivity index is 2.27. The number of aliphatic hydroxyl groups excluding tert-OH is 1. The zero-order valence-electron chi connectivity index (χ0n) is 12.5. The lowest BCUT2D eigenvalue weighted by molar-refractivity contribution is -0.143. The summed E-state index contributed by atoms with van der Waals surface area (Å²) in [4.78, 5) is 13.0. The van der Waals surface area contributed by atoms with Crippen molar-refractivity contribution in [3.8, 4) is 0 Å². The summed E-state index contributed by atoms with van der Waals surface area (Å²) in [5.74, 6) is 0. The highest BCUT2D eigenvalue weighted by atomic mass is 16.5. The van der Waals surface area contributed by atoms with E-state index >= 15 is 0 Å². The second kappa shape index (κ2) is 6.45. The van der Waals surface area contributed by atoms with Crippen LogP contribution in [0.4, 0.5) is 4.79 Å². The Hall–Kier alpha value is -1.59. The van der Waals surface area contributed by atoms with Crippen molar-refractivity contribution < 1.29 is 19.7 Å². The van der Waals surface area contributed by atoms with E-state index in [9.17, 15) is 15.0 Å². The molecule has 21 heavy (non-hydrogen) atoms. The van der Waals surface area contributed by atoms with Gasteiger partial charge in [-0.3, -0.25) is 4.90 Å². The molecule has 1 aliphatic heterocycles. The number of carboxylic acid groups (broad SMARTS) is 1. The first-order valence-corrected chi connectivity index (χ1v) is 7.28. The number of nitrogens with zero attached hydrogens (tertiary/aromatic N) is 1. The van der Waals surface area contributed by atoms with Gasteiger partial charge in [0.05, 0.1) is 24.4 Å². The number of carbonyl (C=O) groups is 1. The van der Waals surface area contributed by atoms with Crippen LogP contribution in [0.5, 0.6) is 0 Å². The van der Waals surface area contributed by atoms with Gasteiger partial charge >= 0.3 is 6.09 Å². The second-order valence-electron chi connectivity index (χ2n) is 5.90. The number of rotatable bonds is 4. The van der Waals surface area contributed by atoms with E-state index in [4.69, 9.17) is 4.74 Å². The van der Waals surface area contributed by atoms with Crippen molar-refractivity contribution in [3.05, 3.63) is 35.9 Å². The number of ether oxygens (including phenoxy) is 1. The molecule has 0 aliphatic carbocycles. The molecule has 1 aromatic carbocycles. The van der Waals surface area contributed by atoms with E-state index in [-0.39, 0.29) is 6.04 Å². The summed E-state index contributed by atoms with van der Waals surface area (Å²) in [6.07, 6.45) is -0.483. The van der Waals surface area contributed by atoms with Crippen LogP contribution in [-0.4, -0.2) is 52.1 Å². The molecule has 0 bridgehead atoms. The molecular weight excluding hydrogens is 270 g/mol. The molecule has 116 valence electrons. The zero-order valence-corrected chi connectivity index (χ0v) is 12.5. The van der Waals surface area contributed by atoms with Gasteiger partial charge in [0.15, 0.2) is 0 Å². The third-order valence-electron chi connectivity index (χ3n) is 4.06. The van der Waals surface area contributed by atoms with Crippen molar-refractivity contribution in [2.75, 3.05) is 13.2 Å². The molecule has 3 unspecified atom stereocenters. The van der Waals surface area contributed by atoms with Crippen LogP contribution in [0, 0.1) is 0 Å². The van der Waals surface area contributed by atoms with Gasteiger partial charge in [-0.1, -0.05) is 30.3 Å². The van der Waals surface area contributed by atoms with Gasteiger partial charge in [-0.25, -0.2) is 4.79 Å². The molecule has 5 nitrogen and oxygen atoms in total. The number of aliphatic hydroxyl groups is 1. The fourth-order valence-corrected chi connectivity index (χ4v) is 3.13. The maximum absolute atomic E-state index is 11.5. The molecule has 3 atom stereocenters. The molecule has 0 saturated carbocycles. The first-order chi connectivity index (χ1) is 9.92. The van der Waals surface area contributed by atoms with Crippen LogP contribution in [0.15, 0.2) is 30.3 Å². The van der Waals surface area contributed by atoms with Gasteiger partial charge in [-0.15, -0.1) is 0 Å². The average molecular weight is 293 g/mol. The van der Waals surface area contributed by atoms with Crippen LogP contribution >= 0.6 is 0 Å².